The van der Waals surface area contributed by atoms with Gasteiger partial charge in [-0.3, -0.25) is 4.79 Å². The lowest BCUT2D eigenvalue weighted by atomic mass is 10.00. The molecule has 0 heterocycles. The molecular weight excluding hydrogens is 512 g/mol. The van der Waals surface area contributed by atoms with Crippen LogP contribution in [0.15, 0.2) is 97.1 Å². The van der Waals surface area contributed by atoms with Crippen LogP contribution in [0.1, 0.15) is 52.6 Å². The van der Waals surface area contributed by atoms with E-state index in [0.717, 1.165) is 22.3 Å². The average Bonchev–Trinajstić information content (AvgIpc) is 2.94. The maximum Gasteiger partial charge on any atom is 0.338 e. The molecule has 200 valence electrons. The summed E-state index contributed by atoms with van der Waals surface area (Å²) < 4.78 is 11.5. The minimum absolute atomic E-state index is 0.216. The fourth-order valence-electron chi connectivity index (χ4n) is 4.16. The number of halogens is 1. The summed E-state index contributed by atoms with van der Waals surface area (Å²) in [6.07, 6.45) is -0.293. The lowest BCUT2D eigenvalue weighted by Gasteiger charge is -2.20. The number of hydrogen-bond acceptors (Lipinski definition) is 5. The molecule has 4 aromatic rings. The van der Waals surface area contributed by atoms with Gasteiger partial charge in [0.2, 0.25) is 5.91 Å². The van der Waals surface area contributed by atoms with E-state index in [9.17, 15) is 9.59 Å². The Morgan fingerprint density at radius 1 is 0.846 bits per heavy atom. The Hall–Kier alpha value is -4.13. The van der Waals surface area contributed by atoms with Crippen molar-refractivity contribution in [2.24, 2.45) is 0 Å². The first-order valence-electron chi connectivity index (χ1n) is 12.8. The molecule has 0 aromatic heterocycles. The Morgan fingerprint density at radius 2 is 1.56 bits per heavy atom. The van der Waals surface area contributed by atoms with Gasteiger partial charge in [0.15, 0.2) is 0 Å². The first kappa shape index (κ1) is 27.9. The van der Waals surface area contributed by atoms with E-state index in [2.05, 4.69) is 10.6 Å². The van der Waals surface area contributed by atoms with Crippen LogP contribution >= 0.6 is 11.6 Å². The highest BCUT2D eigenvalue weighted by atomic mass is 35.5. The third-order valence-corrected chi connectivity index (χ3v) is 6.40. The standard InChI is InChI=1S/C32H31ClN2O4/c1-3-38-32(37)26-16-17-29(35-22(2)36)30(19-26)34-20-27-15-14-25(18-28(27)33)31(24-12-8-5-9-13-24)39-21-23-10-6-4-7-11-23/h4-19,31,34H,3,20-21H2,1-2H3,(H,35,36). The monoisotopic (exact) mass is 542 g/mol. The second-order valence-electron chi connectivity index (χ2n) is 8.95. The summed E-state index contributed by atoms with van der Waals surface area (Å²) in [5.74, 6) is -0.647. The van der Waals surface area contributed by atoms with Crippen molar-refractivity contribution in [2.75, 3.05) is 17.2 Å². The minimum atomic E-state index is -0.431. The van der Waals surface area contributed by atoms with Crippen molar-refractivity contribution >= 4 is 34.9 Å². The molecule has 1 amide bonds. The second kappa shape index (κ2) is 13.6. The van der Waals surface area contributed by atoms with Crippen molar-refractivity contribution < 1.29 is 19.1 Å². The van der Waals surface area contributed by atoms with Gasteiger partial charge in [0.05, 0.1) is 30.2 Å². The molecule has 0 radical (unpaired) electrons. The Labute approximate surface area is 233 Å². The number of rotatable bonds is 11. The van der Waals surface area contributed by atoms with E-state index < -0.39 is 5.97 Å². The number of anilines is 2. The molecule has 0 aliphatic heterocycles. The number of hydrogen-bond donors (Lipinski definition) is 2. The predicted molar refractivity (Wildman–Crippen MR) is 155 cm³/mol. The minimum Gasteiger partial charge on any atom is -0.462 e. The zero-order chi connectivity index (χ0) is 27.6. The third kappa shape index (κ3) is 7.69. The van der Waals surface area contributed by atoms with Crippen LogP contribution < -0.4 is 10.6 Å². The van der Waals surface area contributed by atoms with Crippen LogP contribution in [0.3, 0.4) is 0 Å². The van der Waals surface area contributed by atoms with Gasteiger partial charge >= 0.3 is 5.97 Å². The van der Waals surface area contributed by atoms with Crippen molar-refractivity contribution in [2.45, 2.75) is 33.1 Å². The molecule has 0 saturated carbocycles. The van der Waals surface area contributed by atoms with Crippen LogP contribution in [0.5, 0.6) is 0 Å². The molecule has 7 heteroatoms. The van der Waals surface area contributed by atoms with E-state index in [1.165, 1.54) is 6.92 Å². The van der Waals surface area contributed by atoms with Crippen molar-refractivity contribution in [1.29, 1.82) is 0 Å². The molecule has 4 aromatic carbocycles. The van der Waals surface area contributed by atoms with Crippen LogP contribution in [0.25, 0.3) is 0 Å². The van der Waals surface area contributed by atoms with Crippen LogP contribution in [-0.2, 0) is 27.4 Å². The van der Waals surface area contributed by atoms with E-state index in [0.29, 0.717) is 35.1 Å². The summed E-state index contributed by atoms with van der Waals surface area (Å²) in [5.41, 5.74) is 5.44. The Balaban J connectivity index is 1.55. The molecule has 0 bridgehead atoms. The Bertz CT molecular complexity index is 1410. The summed E-state index contributed by atoms with van der Waals surface area (Å²) in [7, 11) is 0. The smallest absolute Gasteiger partial charge is 0.338 e. The van der Waals surface area contributed by atoms with Crippen LogP contribution in [0.4, 0.5) is 11.4 Å². The number of nitrogens with one attached hydrogen (secondary N) is 2. The fourth-order valence-corrected chi connectivity index (χ4v) is 4.41. The molecule has 4 rings (SSSR count). The van der Waals surface area contributed by atoms with Gasteiger partial charge in [0.25, 0.3) is 0 Å². The predicted octanol–water partition coefficient (Wildman–Crippen LogP) is 7.39. The highest BCUT2D eigenvalue weighted by molar-refractivity contribution is 6.31. The average molecular weight is 543 g/mol. The SMILES string of the molecule is CCOC(=O)c1ccc(NC(C)=O)c(NCc2ccc(C(OCc3ccccc3)c3ccccc3)cc2Cl)c1. The molecule has 0 aliphatic rings. The van der Waals surface area contributed by atoms with Crippen molar-refractivity contribution in [3.8, 4) is 0 Å². The van der Waals surface area contributed by atoms with Crippen LogP contribution in [0.2, 0.25) is 5.02 Å². The van der Waals surface area contributed by atoms with Gasteiger partial charge in [0.1, 0.15) is 6.10 Å². The maximum atomic E-state index is 12.3. The summed E-state index contributed by atoms with van der Waals surface area (Å²) in [5, 5.41) is 6.67. The highest BCUT2D eigenvalue weighted by Gasteiger charge is 2.17. The molecule has 0 saturated heterocycles. The molecule has 0 spiro atoms. The number of benzene rings is 4. The van der Waals surface area contributed by atoms with Gasteiger partial charge in [-0.15, -0.1) is 0 Å². The topological polar surface area (TPSA) is 76.7 Å². The first-order chi connectivity index (χ1) is 18.9. The van der Waals surface area contributed by atoms with Crippen molar-refractivity contribution in [3.63, 3.8) is 0 Å². The second-order valence-corrected chi connectivity index (χ2v) is 9.36. The normalized spacial score (nSPS) is 11.5. The van der Waals surface area contributed by atoms with E-state index in [-0.39, 0.29) is 18.6 Å². The summed E-state index contributed by atoms with van der Waals surface area (Å²) >= 11 is 6.75. The van der Waals surface area contributed by atoms with E-state index in [1.807, 2.05) is 78.9 Å². The number of amides is 1. The fraction of sp³-hybridized carbons (Fsp3) is 0.188. The zero-order valence-electron chi connectivity index (χ0n) is 21.9. The first-order valence-corrected chi connectivity index (χ1v) is 13.1. The maximum absolute atomic E-state index is 12.3. The summed E-state index contributed by atoms with van der Waals surface area (Å²) in [6.45, 7) is 4.30. The highest BCUT2D eigenvalue weighted by Crippen LogP contribution is 2.31. The number of esters is 1. The molecule has 0 aliphatic carbocycles. The van der Waals surface area contributed by atoms with Gasteiger partial charge in [0, 0.05) is 18.5 Å². The summed E-state index contributed by atoms with van der Waals surface area (Å²) in [4.78, 5) is 24.0. The molecule has 39 heavy (non-hydrogen) atoms. The number of carbonyl (C=O) groups is 2. The molecule has 2 N–H and O–H groups in total. The lowest BCUT2D eigenvalue weighted by Crippen LogP contribution is -2.12. The van der Waals surface area contributed by atoms with Gasteiger partial charge < -0.3 is 20.1 Å². The van der Waals surface area contributed by atoms with E-state index in [4.69, 9.17) is 21.1 Å². The van der Waals surface area contributed by atoms with Crippen LogP contribution in [-0.4, -0.2) is 18.5 Å². The van der Waals surface area contributed by atoms with E-state index >= 15 is 0 Å². The van der Waals surface area contributed by atoms with Gasteiger partial charge in [-0.2, -0.15) is 0 Å². The number of carbonyl (C=O) groups excluding carboxylic acids is 2. The summed E-state index contributed by atoms with van der Waals surface area (Å²) in [6, 6.07) is 30.9. The quantitative estimate of drug-likeness (QED) is 0.193. The van der Waals surface area contributed by atoms with Gasteiger partial charge in [-0.25, -0.2) is 4.79 Å². The van der Waals surface area contributed by atoms with Crippen molar-refractivity contribution in [3.05, 3.63) is 130 Å². The largest absolute Gasteiger partial charge is 0.462 e. The van der Waals surface area contributed by atoms with Gasteiger partial charge in [-0.1, -0.05) is 84.4 Å². The molecule has 6 nitrogen and oxygen atoms in total. The Morgan fingerprint density at radius 3 is 2.23 bits per heavy atom. The van der Waals surface area contributed by atoms with Crippen LogP contribution in [0, 0.1) is 0 Å². The third-order valence-electron chi connectivity index (χ3n) is 6.05. The van der Waals surface area contributed by atoms with Crippen molar-refractivity contribution in [1.82, 2.24) is 0 Å². The number of ether oxygens (including phenoxy) is 2. The van der Waals surface area contributed by atoms with Gasteiger partial charge in [-0.05, 0) is 53.4 Å². The Kier molecular flexibility index (Phi) is 9.73. The lowest BCUT2D eigenvalue weighted by molar-refractivity contribution is -0.114. The molecular formula is C32H31ClN2O4. The molecule has 1 atom stereocenters. The van der Waals surface area contributed by atoms with E-state index in [1.54, 1.807) is 25.1 Å². The molecule has 1 unspecified atom stereocenters. The zero-order valence-corrected chi connectivity index (χ0v) is 22.7. The molecule has 0 fully saturated rings.